The molecule has 0 spiro atoms. The highest BCUT2D eigenvalue weighted by molar-refractivity contribution is 7.91. The Kier molecular flexibility index (Phi) is 6.13. The van der Waals surface area contributed by atoms with Crippen molar-refractivity contribution in [3.05, 3.63) is 35.9 Å². The van der Waals surface area contributed by atoms with Gasteiger partial charge >= 0.3 is 5.97 Å². The van der Waals surface area contributed by atoms with Crippen LogP contribution in [0.25, 0.3) is 0 Å². The van der Waals surface area contributed by atoms with E-state index in [1.165, 1.54) is 12.0 Å². The van der Waals surface area contributed by atoms with Crippen molar-refractivity contribution in [2.75, 3.05) is 44.9 Å². The van der Waals surface area contributed by atoms with Crippen LogP contribution in [0, 0.1) is 0 Å². The molecule has 8 nitrogen and oxygen atoms in total. The van der Waals surface area contributed by atoms with Gasteiger partial charge in [0.1, 0.15) is 12.1 Å². The van der Waals surface area contributed by atoms with Crippen molar-refractivity contribution in [2.24, 2.45) is 0 Å². The van der Waals surface area contributed by atoms with Crippen LogP contribution in [0.5, 0.6) is 0 Å². The lowest BCUT2D eigenvalue weighted by atomic mass is 10.1. The topological polar surface area (TPSA) is 93.2 Å². The van der Waals surface area contributed by atoms with Crippen molar-refractivity contribution >= 4 is 21.7 Å². The summed E-state index contributed by atoms with van der Waals surface area (Å²) >= 11 is 0. The molecule has 1 aromatic carbocycles. The summed E-state index contributed by atoms with van der Waals surface area (Å²) < 4.78 is 34.1. The van der Waals surface area contributed by atoms with Gasteiger partial charge in [0.2, 0.25) is 0 Å². The first kappa shape index (κ1) is 19.8. The number of morpholine rings is 1. The van der Waals surface area contributed by atoms with Gasteiger partial charge in [0.05, 0.1) is 25.2 Å². The van der Waals surface area contributed by atoms with Gasteiger partial charge in [0.25, 0.3) is 5.91 Å². The van der Waals surface area contributed by atoms with Crippen molar-refractivity contribution in [2.45, 2.75) is 18.7 Å². The molecule has 0 N–H and O–H groups in total. The number of rotatable bonds is 4. The van der Waals surface area contributed by atoms with Crippen LogP contribution in [-0.4, -0.2) is 87.1 Å². The molecule has 9 heteroatoms. The number of benzene rings is 1. The van der Waals surface area contributed by atoms with Gasteiger partial charge in [0.15, 0.2) is 9.84 Å². The van der Waals surface area contributed by atoms with Gasteiger partial charge in [0, 0.05) is 26.2 Å². The summed E-state index contributed by atoms with van der Waals surface area (Å²) in [4.78, 5) is 28.4. The van der Waals surface area contributed by atoms with Crippen molar-refractivity contribution in [3.63, 3.8) is 0 Å². The van der Waals surface area contributed by atoms with E-state index < -0.39 is 33.7 Å². The average Bonchev–Trinajstić information content (AvgIpc) is 2.67. The number of sulfone groups is 1. The predicted octanol–water partition coefficient (Wildman–Crippen LogP) is -0.314. The largest absolute Gasteiger partial charge is 0.467 e. The molecule has 1 aromatic rings. The second-order valence-electron chi connectivity index (χ2n) is 6.77. The van der Waals surface area contributed by atoms with E-state index in [0.717, 1.165) is 5.56 Å². The number of nitrogens with zero attached hydrogens (tertiary/aromatic N) is 2. The summed E-state index contributed by atoms with van der Waals surface area (Å²) in [7, 11) is -2.20. The van der Waals surface area contributed by atoms with Crippen LogP contribution in [0.1, 0.15) is 5.56 Å². The monoisotopic (exact) mass is 396 g/mol. The first-order chi connectivity index (χ1) is 12.9. The maximum absolute atomic E-state index is 13.0. The maximum atomic E-state index is 13.0. The fourth-order valence-electron chi connectivity index (χ4n) is 3.42. The van der Waals surface area contributed by atoms with Crippen LogP contribution < -0.4 is 0 Å². The van der Waals surface area contributed by atoms with Crippen molar-refractivity contribution in [1.82, 2.24) is 9.80 Å². The van der Waals surface area contributed by atoms with E-state index in [9.17, 15) is 18.0 Å². The second kappa shape index (κ2) is 8.37. The molecular weight excluding hydrogens is 372 g/mol. The highest BCUT2D eigenvalue weighted by Crippen LogP contribution is 2.18. The lowest BCUT2D eigenvalue weighted by molar-refractivity contribution is -0.160. The Morgan fingerprint density at radius 3 is 2.67 bits per heavy atom. The quantitative estimate of drug-likeness (QED) is 0.644. The minimum Gasteiger partial charge on any atom is -0.467 e. The minimum atomic E-state index is -3.38. The lowest BCUT2D eigenvalue weighted by Gasteiger charge is -2.38. The number of ether oxygens (including phenoxy) is 2. The molecule has 2 heterocycles. The summed E-state index contributed by atoms with van der Waals surface area (Å²) in [6, 6.07) is 8.81. The fourth-order valence-corrected chi connectivity index (χ4v) is 4.86. The molecule has 148 valence electrons. The molecule has 1 amide bonds. The van der Waals surface area contributed by atoms with Gasteiger partial charge in [-0.2, -0.15) is 0 Å². The van der Waals surface area contributed by atoms with E-state index >= 15 is 0 Å². The van der Waals surface area contributed by atoms with Crippen LogP contribution in [0.2, 0.25) is 0 Å². The summed E-state index contributed by atoms with van der Waals surface area (Å²) in [5.74, 6) is -1.65. The van der Waals surface area contributed by atoms with Crippen LogP contribution in [0.3, 0.4) is 0 Å². The molecule has 0 aliphatic carbocycles. The van der Waals surface area contributed by atoms with E-state index in [0.29, 0.717) is 26.2 Å². The van der Waals surface area contributed by atoms with E-state index in [-0.39, 0.29) is 18.2 Å². The van der Waals surface area contributed by atoms with Gasteiger partial charge in [-0.25, -0.2) is 13.2 Å². The van der Waals surface area contributed by atoms with Gasteiger partial charge in [-0.1, -0.05) is 30.3 Å². The second-order valence-corrected chi connectivity index (χ2v) is 8.99. The Morgan fingerprint density at radius 2 is 1.96 bits per heavy atom. The third kappa shape index (κ3) is 4.85. The van der Waals surface area contributed by atoms with Crippen molar-refractivity contribution < 1.29 is 27.5 Å². The summed E-state index contributed by atoms with van der Waals surface area (Å²) in [5, 5.41) is 0. The predicted molar refractivity (Wildman–Crippen MR) is 97.6 cm³/mol. The van der Waals surface area contributed by atoms with E-state index in [4.69, 9.17) is 9.47 Å². The van der Waals surface area contributed by atoms with Crippen LogP contribution in [0.15, 0.2) is 30.3 Å². The Morgan fingerprint density at radius 1 is 1.22 bits per heavy atom. The lowest BCUT2D eigenvalue weighted by Crippen LogP contribution is -2.60. The number of methoxy groups -OCH3 is 1. The Bertz CT molecular complexity index is 782. The summed E-state index contributed by atoms with van der Waals surface area (Å²) in [6.07, 6.45) is -0.726. The normalized spacial score (nSPS) is 25.7. The molecule has 0 unspecified atom stereocenters. The van der Waals surface area contributed by atoms with E-state index in [1.54, 1.807) is 0 Å². The molecule has 0 radical (unpaired) electrons. The van der Waals surface area contributed by atoms with Crippen LogP contribution in [0.4, 0.5) is 0 Å². The van der Waals surface area contributed by atoms with Crippen molar-refractivity contribution in [3.8, 4) is 0 Å². The van der Waals surface area contributed by atoms with Gasteiger partial charge in [-0.15, -0.1) is 0 Å². The Balaban J connectivity index is 1.69. The zero-order valence-electron chi connectivity index (χ0n) is 15.2. The number of hydrogen-bond acceptors (Lipinski definition) is 7. The molecule has 0 aromatic heterocycles. The zero-order chi connectivity index (χ0) is 19.4. The molecular formula is C18H24N2O6S. The highest BCUT2D eigenvalue weighted by Gasteiger charge is 2.42. The Hall–Kier alpha value is -1.97. The first-order valence-electron chi connectivity index (χ1n) is 8.86. The summed E-state index contributed by atoms with van der Waals surface area (Å²) in [5.41, 5.74) is 1.14. The van der Waals surface area contributed by atoms with Crippen LogP contribution >= 0.6 is 0 Å². The Labute approximate surface area is 158 Å². The fraction of sp³-hybridized carbons (Fsp3) is 0.556. The number of hydrogen-bond donors (Lipinski definition) is 0. The molecule has 2 aliphatic rings. The molecule has 2 saturated heterocycles. The number of carbonyl (C=O) groups excluding carboxylic acids is 2. The maximum Gasteiger partial charge on any atom is 0.329 e. The standard InChI is InChI=1S/C18H24N2O6S/c1-25-18(22)15-13-27(23,24)10-8-20(15)17(21)16-12-19(7-9-26-16)11-14-5-3-2-4-6-14/h2-6,15-16H,7-13H2,1H3/t15-,16-/m1/s1. The van der Waals surface area contributed by atoms with Gasteiger partial charge in [-0.3, -0.25) is 9.69 Å². The zero-order valence-corrected chi connectivity index (χ0v) is 16.1. The highest BCUT2D eigenvalue weighted by atomic mass is 32.2. The smallest absolute Gasteiger partial charge is 0.329 e. The molecule has 2 atom stereocenters. The molecule has 0 saturated carbocycles. The molecule has 0 bridgehead atoms. The average molecular weight is 396 g/mol. The third-order valence-corrected chi connectivity index (χ3v) is 6.49. The SMILES string of the molecule is COC(=O)[C@H]1CS(=O)(=O)CCN1C(=O)[C@H]1CN(Cc2ccccc2)CCO1. The number of esters is 1. The summed E-state index contributed by atoms with van der Waals surface area (Å²) in [6.45, 7) is 2.17. The first-order valence-corrected chi connectivity index (χ1v) is 10.7. The number of amides is 1. The van der Waals surface area contributed by atoms with E-state index in [1.807, 2.05) is 30.3 Å². The van der Waals surface area contributed by atoms with Gasteiger partial charge in [-0.05, 0) is 5.56 Å². The van der Waals surface area contributed by atoms with Gasteiger partial charge < -0.3 is 14.4 Å². The van der Waals surface area contributed by atoms with Crippen molar-refractivity contribution in [1.29, 1.82) is 0 Å². The van der Waals surface area contributed by atoms with Crippen LogP contribution in [-0.2, 0) is 35.4 Å². The molecule has 3 rings (SSSR count). The molecule has 2 fully saturated rings. The molecule has 2 aliphatic heterocycles. The molecule has 27 heavy (non-hydrogen) atoms. The minimum absolute atomic E-state index is 0.0283. The van der Waals surface area contributed by atoms with E-state index in [2.05, 4.69) is 4.90 Å². The third-order valence-electron chi connectivity index (χ3n) is 4.86. The number of carbonyl (C=O) groups is 2.